The van der Waals surface area contributed by atoms with Gasteiger partial charge in [0.15, 0.2) is 0 Å². The van der Waals surface area contributed by atoms with Crippen LogP contribution in [0, 0.1) is 0 Å². The molecule has 1 rings (SSSR count). The zero-order chi connectivity index (χ0) is 14.4. The van der Waals surface area contributed by atoms with E-state index in [0.717, 1.165) is 23.2 Å². The molecule has 1 aromatic carbocycles. The number of likely N-dealkylation sites (N-methyl/N-ethyl adjacent to an activating group) is 1. The Bertz CT molecular complexity index is 398. The van der Waals surface area contributed by atoms with E-state index in [9.17, 15) is 0 Å². The molecule has 108 valence electrons. The molecule has 2 unspecified atom stereocenters. The molecule has 0 radical (unpaired) electrons. The Morgan fingerprint density at radius 1 is 1.37 bits per heavy atom. The number of nitrogens with zero attached hydrogens (tertiary/aromatic N) is 1. The van der Waals surface area contributed by atoms with E-state index in [1.54, 1.807) is 7.11 Å². The Morgan fingerprint density at radius 3 is 2.47 bits per heavy atom. The summed E-state index contributed by atoms with van der Waals surface area (Å²) in [5.74, 6) is 0.853. The van der Waals surface area contributed by atoms with Crippen LogP contribution < -0.4 is 10.5 Å². The lowest BCUT2D eigenvalue weighted by Gasteiger charge is -2.35. The summed E-state index contributed by atoms with van der Waals surface area (Å²) in [6.07, 6.45) is 1.13. The molecule has 0 bridgehead atoms. The van der Waals surface area contributed by atoms with E-state index in [4.69, 9.17) is 10.5 Å². The monoisotopic (exact) mass is 328 g/mol. The standard InChI is InChI=1S/C15H25BrN2O/c1-5-11(3)18(6-2)14(10-17)12-7-8-15(19-4)13(16)9-12/h7-9,11,14H,5-6,10,17H2,1-4H3. The third-order valence-corrected chi connectivity index (χ3v) is 4.33. The fourth-order valence-corrected chi connectivity index (χ4v) is 2.98. The molecule has 0 saturated heterocycles. The Labute approximate surface area is 125 Å². The molecule has 0 saturated carbocycles. The molecule has 3 nitrogen and oxygen atoms in total. The van der Waals surface area contributed by atoms with Crippen molar-refractivity contribution in [2.75, 3.05) is 20.2 Å². The maximum absolute atomic E-state index is 6.01. The fourth-order valence-electron chi connectivity index (χ4n) is 2.43. The topological polar surface area (TPSA) is 38.5 Å². The summed E-state index contributed by atoms with van der Waals surface area (Å²) < 4.78 is 6.25. The van der Waals surface area contributed by atoms with Gasteiger partial charge in [0, 0.05) is 18.6 Å². The van der Waals surface area contributed by atoms with Gasteiger partial charge >= 0.3 is 0 Å². The van der Waals surface area contributed by atoms with Crippen LogP contribution in [0.3, 0.4) is 0 Å². The molecule has 2 atom stereocenters. The molecule has 2 N–H and O–H groups in total. The number of benzene rings is 1. The Morgan fingerprint density at radius 2 is 2.05 bits per heavy atom. The maximum atomic E-state index is 6.01. The summed E-state index contributed by atoms with van der Waals surface area (Å²) in [7, 11) is 1.68. The van der Waals surface area contributed by atoms with Gasteiger partial charge in [-0.05, 0) is 53.5 Å². The maximum Gasteiger partial charge on any atom is 0.133 e. The second-order valence-corrected chi connectivity index (χ2v) is 5.59. The SMILES string of the molecule is CCC(C)N(CC)C(CN)c1ccc(OC)c(Br)c1. The summed E-state index contributed by atoms with van der Waals surface area (Å²) in [6, 6.07) is 6.99. The zero-order valence-corrected chi connectivity index (χ0v) is 13.9. The molecule has 19 heavy (non-hydrogen) atoms. The lowest BCUT2D eigenvalue weighted by molar-refractivity contribution is 0.152. The summed E-state index contributed by atoms with van der Waals surface area (Å²) >= 11 is 3.55. The van der Waals surface area contributed by atoms with Gasteiger partial charge in [-0.1, -0.05) is 19.9 Å². The first-order valence-corrected chi connectivity index (χ1v) is 7.67. The van der Waals surface area contributed by atoms with Crippen molar-refractivity contribution in [3.63, 3.8) is 0 Å². The normalized spacial score (nSPS) is 14.5. The second-order valence-electron chi connectivity index (χ2n) is 4.73. The van der Waals surface area contributed by atoms with Crippen LogP contribution in [0.2, 0.25) is 0 Å². The summed E-state index contributed by atoms with van der Waals surface area (Å²) in [4.78, 5) is 2.45. The van der Waals surface area contributed by atoms with Gasteiger partial charge in [-0.3, -0.25) is 4.90 Å². The van der Waals surface area contributed by atoms with E-state index in [1.807, 2.05) is 6.07 Å². The van der Waals surface area contributed by atoms with Crippen LogP contribution in [0.25, 0.3) is 0 Å². The Balaban J connectivity index is 3.04. The lowest BCUT2D eigenvalue weighted by Crippen LogP contribution is -2.39. The van der Waals surface area contributed by atoms with Gasteiger partial charge in [0.05, 0.1) is 11.6 Å². The zero-order valence-electron chi connectivity index (χ0n) is 12.3. The highest BCUT2D eigenvalue weighted by Gasteiger charge is 2.22. The van der Waals surface area contributed by atoms with Crippen LogP contribution in [0.15, 0.2) is 22.7 Å². The van der Waals surface area contributed by atoms with Crippen molar-refractivity contribution in [1.29, 1.82) is 0 Å². The molecule has 0 heterocycles. The first-order valence-electron chi connectivity index (χ1n) is 6.88. The van der Waals surface area contributed by atoms with E-state index in [2.05, 4.69) is 53.7 Å². The highest BCUT2D eigenvalue weighted by molar-refractivity contribution is 9.10. The molecule has 0 aliphatic heterocycles. The minimum Gasteiger partial charge on any atom is -0.496 e. The molecule has 0 aromatic heterocycles. The highest BCUT2D eigenvalue weighted by Crippen LogP contribution is 2.30. The molecule has 4 heteroatoms. The van der Waals surface area contributed by atoms with Crippen molar-refractivity contribution in [3.05, 3.63) is 28.2 Å². The van der Waals surface area contributed by atoms with E-state index in [-0.39, 0.29) is 6.04 Å². The van der Waals surface area contributed by atoms with Crippen molar-refractivity contribution >= 4 is 15.9 Å². The van der Waals surface area contributed by atoms with Crippen molar-refractivity contribution < 1.29 is 4.74 Å². The van der Waals surface area contributed by atoms with Gasteiger partial charge < -0.3 is 10.5 Å². The van der Waals surface area contributed by atoms with Crippen LogP contribution in [0.1, 0.15) is 38.8 Å². The number of hydrogen-bond acceptors (Lipinski definition) is 3. The first kappa shape index (κ1) is 16.5. The molecule has 0 aliphatic carbocycles. The molecule has 1 aromatic rings. The average molecular weight is 329 g/mol. The quantitative estimate of drug-likeness (QED) is 0.831. The Hall–Kier alpha value is -0.580. The fraction of sp³-hybridized carbons (Fsp3) is 0.600. The number of halogens is 1. The van der Waals surface area contributed by atoms with Crippen LogP contribution in [0.5, 0.6) is 5.75 Å². The van der Waals surface area contributed by atoms with Crippen LogP contribution in [-0.4, -0.2) is 31.1 Å². The number of methoxy groups -OCH3 is 1. The van der Waals surface area contributed by atoms with Crippen molar-refractivity contribution in [3.8, 4) is 5.75 Å². The predicted molar refractivity (Wildman–Crippen MR) is 84.6 cm³/mol. The second kappa shape index (κ2) is 7.88. The van der Waals surface area contributed by atoms with Crippen LogP contribution >= 0.6 is 15.9 Å². The van der Waals surface area contributed by atoms with Gasteiger partial charge in [0.25, 0.3) is 0 Å². The van der Waals surface area contributed by atoms with Crippen molar-refractivity contribution in [2.24, 2.45) is 5.73 Å². The van der Waals surface area contributed by atoms with Crippen LogP contribution in [0.4, 0.5) is 0 Å². The lowest BCUT2D eigenvalue weighted by atomic mass is 10.0. The van der Waals surface area contributed by atoms with Gasteiger partial charge in [-0.2, -0.15) is 0 Å². The first-order chi connectivity index (χ1) is 9.08. The van der Waals surface area contributed by atoms with Gasteiger partial charge in [-0.25, -0.2) is 0 Å². The molecular formula is C15H25BrN2O. The van der Waals surface area contributed by atoms with E-state index in [0.29, 0.717) is 12.6 Å². The smallest absolute Gasteiger partial charge is 0.133 e. The largest absolute Gasteiger partial charge is 0.496 e. The summed E-state index contributed by atoms with van der Waals surface area (Å²) in [6.45, 7) is 8.28. The number of nitrogens with two attached hydrogens (primary N) is 1. The van der Waals surface area contributed by atoms with Crippen molar-refractivity contribution in [2.45, 2.75) is 39.3 Å². The van der Waals surface area contributed by atoms with E-state index >= 15 is 0 Å². The number of rotatable bonds is 7. The number of hydrogen-bond donors (Lipinski definition) is 1. The molecule has 0 fully saturated rings. The molecule has 0 amide bonds. The van der Waals surface area contributed by atoms with Gasteiger partial charge in [0.2, 0.25) is 0 Å². The summed E-state index contributed by atoms with van der Waals surface area (Å²) in [5.41, 5.74) is 7.24. The minimum atomic E-state index is 0.252. The average Bonchev–Trinajstić information content (AvgIpc) is 2.43. The van der Waals surface area contributed by atoms with E-state index in [1.165, 1.54) is 5.56 Å². The molecular weight excluding hydrogens is 304 g/mol. The Kier molecular flexibility index (Phi) is 6.83. The van der Waals surface area contributed by atoms with Gasteiger partial charge in [0.1, 0.15) is 5.75 Å². The van der Waals surface area contributed by atoms with Gasteiger partial charge in [-0.15, -0.1) is 0 Å². The predicted octanol–water partition coefficient (Wildman–Crippen LogP) is 3.58. The minimum absolute atomic E-state index is 0.252. The summed E-state index contributed by atoms with van der Waals surface area (Å²) in [5, 5.41) is 0. The third kappa shape index (κ3) is 3.94. The molecule has 0 spiro atoms. The number of ether oxygens (including phenoxy) is 1. The van der Waals surface area contributed by atoms with Crippen molar-refractivity contribution in [1.82, 2.24) is 4.90 Å². The third-order valence-electron chi connectivity index (χ3n) is 3.71. The highest BCUT2D eigenvalue weighted by atomic mass is 79.9. The van der Waals surface area contributed by atoms with E-state index < -0.39 is 0 Å². The van der Waals surface area contributed by atoms with Crippen LogP contribution in [-0.2, 0) is 0 Å². The molecule has 0 aliphatic rings.